The molecule has 5 rings (SSSR count). The summed E-state index contributed by atoms with van der Waals surface area (Å²) in [4.78, 5) is 17.0. The first-order chi connectivity index (χ1) is 17.2. The number of piperazine rings is 1. The van der Waals surface area contributed by atoms with Crippen LogP contribution in [-0.4, -0.2) is 60.1 Å². The van der Waals surface area contributed by atoms with Gasteiger partial charge in [-0.2, -0.15) is 18.3 Å². The molecule has 0 bridgehead atoms. The number of nitrogens with one attached hydrogen (secondary N) is 1. The molecule has 2 aliphatic rings. The summed E-state index contributed by atoms with van der Waals surface area (Å²) in [6.45, 7) is 3.96. The average Bonchev–Trinajstić information content (AvgIpc) is 3.32. The lowest BCUT2D eigenvalue weighted by Crippen LogP contribution is -2.49. The Morgan fingerprint density at radius 3 is 2.42 bits per heavy atom. The Kier molecular flexibility index (Phi) is 6.27. The molecule has 1 N–H and O–H groups in total. The van der Waals surface area contributed by atoms with Gasteiger partial charge >= 0.3 is 6.18 Å². The maximum atomic E-state index is 14.0. The van der Waals surface area contributed by atoms with Crippen molar-refractivity contribution in [1.82, 2.24) is 14.7 Å². The van der Waals surface area contributed by atoms with E-state index in [1.54, 1.807) is 12.0 Å². The molecule has 1 saturated heterocycles. The van der Waals surface area contributed by atoms with Crippen LogP contribution in [0.4, 0.5) is 24.7 Å². The molecule has 36 heavy (non-hydrogen) atoms. The number of carbonyl (C=O) groups excluding carboxylic acids is 1. The van der Waals surface area contributed by atoms with E-state index in [4.69, 9.17) is 4.74 Å². The number of aryl methyl sites for hydroxylation is 1. The summed E-state index contributed by atoms with van der Waals surface area (Å²) in [7, 11) is 1.62. The molecule has 0 radical (unpaired) electrons. The summed E-state index contributed by atoms with van der Waals surface area (Å²) in [6.07, 6.45) is -4.70. The lowest BCUT2D eigenvalue weighted by molar-refractivity contribution is -0.173. The van der Waals surface area contributed by atoms with Gasteiger partial charge in [0.05, 0.1) is 18.8 Å². The molecule has 0 unspecified atom stereocenters. The molecule has 0 saturated carbocycles. The van der Waals surface area contributed by atoms with E-state index < -0.39 is 18.3 Å². The molecule has 2 aliphatic heterocycles. The van der Waals surface area contributed by atoms with Crippen molar-refractivity contribution in [3.8, 4) is 5.75 Å². The Morgan fingerprint density at radius 2 is 1.75 bits per heavy atom. The number of anilines is 2. The molecule has 1 amide bonds. The number of hydrogen-bond acceptors (Lipinski definition) is 5. The Bertz CT molecular complexity index is 1230. The number of nitrogens with zero attached hydrogens (tertiary/aromatic N) is 4. The van der Waals surface area contributed by atoms with Crippen LogP contribution in [-0.2, 0) is 0 Å². The molecule has 0 spiro atoms. The maximum Gasteiger partial charge on any atom is 0.410 e. The van der Waals surface area contributed by atoms with Gasteiger partial charge in [0.25, 0.3) is 5.91 Å². The molecule has 1 fully saturated rings. The highest BCUT2D eigenvalue weighted by Gasteiger charge is 2.47. The van der Waals surface area contributed by atoms with Gasteiger partial charge in [-0.05, 0) is 24.6 Å². The van der Waals surface area contributed by atoms with Crippen molar-refractivity contribution in [3.05, 3.63) is 71.4 Å². The van der Waals surface area contributed by atoms with E-state index in [-0.39, 0.29) is 23.8 Å². The number of aromatic nitrogens is 2. The number of methoxy groups -OCH3 is 1. The van der Waals surface area contributed by atoms with Crippen LogP contribution in [0.25, 0.3) is 0 Å². The number of hydrogen-bond donors (Lipinski definition) is 1. The van der Waals surface area contributed by atoms with Gasteiger partial charge in [-0.1, -0.05) is 42.0 Å². The fourth-order valence-corrected chi connectivity index (χ4v) is 4.90. The molecule has 3 aromatic rings. The first-order valence-corrected chi connectivity index (χ1v) is 11.9. The number of para-hydroxylation sites is 2. The summed E-state index contributed by atoms with van der Waals surface area (Å²) >= 11 is 0. The predicted molar refractivity (Wildman–Crippen MR) is 131 cm³/mol. The van der Waals surface area contributed by atoms with E-state index in [2.05, 4.69) is 15.3 Å². The summed E-state index contributed by atoms with van der Waals surface area (Å²) in [5, 5.41) is 7.29. The van der Waals surface area contributed by atoms with E-state index in [0.29, 0.717) is 26.2 Å². The zero-order valence-corrected chi connectivity index (χ0v) is 20.1. The van der Waals surface area contributed by atoms with Crippen LogP contribution >= 0.6 is 0 Å². The second-order valence-electron chi connectivity index (χ2n) is 9.21. The number of halogens is 3. The number of fused-ring (bicyclic) bond motifs is 1. The fraction of sp³-hybridized carbons (Fsp3) is 0.385. The van der Waals surface area contributed by atoms with Crippen molar-refractivity contribution >= 4 is 17.4 Å². The van der Waals surface area contributed by atoms with Crippen LogP contribution in [0.5, 0.6) is 5.75 Å². The van der Waals surface area contributed by atoms with E-state index in [1.807, 2.05) is 55.5 Å². The zero-order chi connectivity index (χ0) is 25.4. The highest BCUT2D eigenvalue weighted by Crippen LogP contribution is 2.43. The summed E-state index contributed by atoms with van der Waals surface area (Å²) in [5.74, 6) is 0.586. The highest BCUT2D eigenvalue weighted by atomic mass is 19.4. The van der Waals surface area contributed by atoms with Crippen LogP contribution in [0.2, 0.25) is 0 Å². The lowest BCUT2D eigenvalue weighted by atomic mass is 9.96. The van der Waals surface area contributed by atoms with E-state index in [1.165, 1.54) is 6.07 Å². The molecule has 7 nitrogen and oxygen atoms in total. The first-order valence-electron chi connectivity index (χ1n) is 11.9. The van der Waals surface area contributed by atoms with Crippen molar-refractivity contribution in [2.45, 2.75) is 31.6 Å². The molecular weight excluding hydrogens is 471 g/mol. The minimum atomic E-state index is -4.49. The molecule has 3 heterocycles. The normalized spacial score (nSPS) is 20.0. The largest absolute Gasteiger partial charge is 0.495 e. The number of ether oxygens (including phenoxy) is 1. The minimum absolute atomic E-state index is 0.0158. The number of rotatable bonds is 4. The van der Waals surface area contributed by atoms with Gasteiger partial charge in [-0.15, -0.1) is 0 Å². The summed E-state index contributed by atoms with van der Waals surface area (Å²) in [6, 6.07) is 14.2. The molecule has 2 atom stereocenters. The van der Waals surface area contributed by atoms with Gasteiger partial charge in [0, 0.05) is 38.7 Å². The fourth-order valence-electron chi connectivity index (χ4n) is 4.90. The Labute approximate surface area is 207 Å². The van der Waals surface area contributed by atoms with Gasteiger partial charge in [0.15, 0.2) is 11.7 Å². The second-order valence-corrected chi connectivity index (χ2v) is 9.21. The minimum Gasteiger partial charge on any atom is -0.495 e. The van der Waals surface area contributed by atoms with Crippen molar-refractivity contribution in [2.75, 3.05) is 43.5 Å². The first kappa shape index (κ1) is 24.0. The van der Waals surface area contributed by atoms with Gasteiger partial charge in [-0.25, -0.2) is 4.68 Å². The molecule has 0 aliphatic carbocycles. The highest BCUT2D eigenvalue weighted by molar-refractivity contribution is 5.93. The molecule has 190 valence electrons. The Morgan fingerprint density at radius 1 is 1.06 bits per heavy atom. The second kappa shape index (κ2) is 9.40. The third kappa shape index (κ3) is 4.59. The Hall–Kier alpha value is -3.69. The predicted octanol–water partition coefficient (Wildman–Crippen LogP) is 4.82. The lowest BCUT2D eigenvalue weighted by Gasteiger charge is -2.36. The summed E-state index contributed by atoms with van der Waals surface area (Å²) < 4.78 is 48.4. The maximum absolute atomic E-state index is 14.0. The van der Waals surface area contributed by atoms with Crippen LogP contribution < -0.4 is 15.0 Å². The topological polar surface area (TPSA) is 62.6 Å². The van der Waals surface area contributed by atoms with Gasteiger partial charge in [0.2, 0.25) is 0 Å². The number of benzene rings is 2. The van der Waals surface area contributed by atoms with Crippen molar-refractivity contribution in [1.29, 1.82) is 0 Å². The molecule has 10 heteroatoms. The zero-order valence-electron chi connectivity index (χ0n) is 20.1. The molecule has 2 aromatic carbocycles. The van der Waals surface area contributed by atoms with E-state index in [0.717, 1.165) is 27.2 Å². The van der Waals surface area contributed by atoms with Crippen molar-refractivity contribution < 1.29 is 22.7 Å². The van der Waals surface area contributed by atoms with Crippen LogP contribution in [0, 0.1) is 6.92 Å². The van der Waals surface area contributed by atoms with Crippen molar-refractivity contribution in [3.63, 3.8) is 0 Å². The van der Waals surface area contributed by atoms with Gasteiger partial charge < -0.3 is 19.9 Å². The van der Waals surface area contributed by atoms with Gasteiger partial charge in [0.1, 0.15) is 11.6 Å². The third-order valence-electron chi connectivity index (χ3n) is 6.88. The van der Waals surface area contributed by atoms with Crippen molar-refractivity contribution in [2.24, 2.45) is 0 Å². The summed E-state index contributed by atoms with van der Waals surface area (Å²) in [5.41, 5.74) is 2.76. The van der Waals surface area contributed by atoms with E-state index in [9.17, 15) is 18.0 Å². The quantitative estimate of drug-likeness (QED) is 0.558. The average molecular weight is 500 g/mol. The standard InChI is InChI=1S/C26H28F3N5O2/c1-17-7-9-18(10-8-17)19-15-23(26(27,28)29)34-24(30-19)16-20(31-34)25(35)33-13-11-32(12-14-33)21-5-3-4-6-22(21)36-2/h3-10,16,19,23,30H,11-15H2,1-2H3/t19-,23-/m1/s1. The van der Waals surface area contributed by atoms with Crippen LogP contribution in [0.3, 0.4) is 0 Å². The number of alkyl halides is 3. The smallest absolute Gasteiger partial charge is 0.410 e. The molecule has 1 aromatic heterocycles. The monoisotopic (exact) mass is 499 g/mol. The number of amides is 1. The SMILES string of the molecule is COc1ccccc1N1CCN(C(=O)c2cc3n(n2)[C@@H](C(F)(F)F)C[C@H](c2ccc(C)cc2)N3)CC1. The third-order valence-corrected chi connectivity index (χ3v) is 6.88. The molecular formula is C26H28F3N5O2. The Balaban J connectivity index is 1.34. The van der Waals surface area contributed by atoms with Crippen LogP contribution in [0.15, 0.2) is 54.6 Å². The van der Waals surface area contributed by atoms with E-state index >= 15 is 0 Å². The number of carbonyl (C=O) groups is 1. The van der Waals surface area contributed by atoms with Gasteiger partial charge in [-0.3, -0.25) is 4.79 Å². The van der Waals surface area contributed by atoms with Crippen LogP contribution in [0.1, 0.15) is 40.1 Å².